The Balaban J connectivity index is 2.00. The summed E-state index contributed by atoms with van der Waals surface area (Å²) < 4.78 is 29.8. The van der Waals surface area contributed by atoms with Gasteiger partial charge in [0.25, 0.3) is 0 Å². The van der Waals surface area contributed by atoms with Crippen LogP contribution in [0.4, 0.5) is 0 Å². The summed E-state index contributed by atoms with van der Waals surface area (Å²) in [6.45, 7) is 5.73. The maximum absolute atomic E-state index is 12.0. The Bertz CT molecular complexity index is 358. The number of rotatable bonds is 2. The topological polar surface area (TPSA) is 55.4 Å². The fourth-order valence-corrected chi connectivity index (χ4v) is 4.68. The highest BCUT2D eigenvalue weighted by Crippen LogP contribution is 2.29. The van der Waals surface area contributed by atoms with Crippen LogP contribution in [0.25, 0.3) is 0 Å². The third-order valence-electron chi connectivity index (χ3n) is 3.84. The summed E-state index contributed by atoms with van der Waals surface area (Å²) >= 11 is 0. The quantitative estimate of drug-likeness (QED) is 0.814. The van der Waals surface area contributed by atoms with Gasteiger partial charge in [-0.2, -0.15) is 0 Å². The van der Waals surface area contributed by atoms with Gasteiger partial charge in [-0.25, -0.2) is 8.42 Å². The molecule has 0 bridgehead atoms. The van der Waals surface area contributed by atoms with Crippen LogP contribution in [0.2, 0.25) is 0 Å². The molecule has 2 aliphatic heterocycles. The first kappa shape index (κ1) is 13.3. The summed E-state index contributed by atoms with van der Waals surface area (Å²) in [6, 6.07) is 0. The zero-order chi connectivity index (χ0) is 12.5. The lowest BCUT2D eigenvalue weighted by atomic mass is 10.0. The van der Waals surface area contributed by atoms with Gasteiger partial charge in [-0.3, -0.25) is 5.32 Å². The third kappa shape index (κ3) is 3.20. The lowest BCUT2D eigenvalue weighted by Gasteiger charge is -2.40. The Kier molecular flexibility index (Phi) is 3.80. The van der Waals surface area contributed by atoms with E-state index in [1.807, 2.05) is 6.92 Å². The highest BCUT2D eigenvalue weighted by molar-refractivity contribution is 7.92. The second-order valence-electron chi connectivity index (χ2n) is 5.72. The molecule has 17 heavy (non-hydrogen) atoms. The molecule has 1 N–H and O–H groups in total. The van der Waals surface area contributed by atoms with Gasteiger partial charge >= 0.3 is 0 Å². The molecular weight excluding hydrogens is 238 g/mol. The van der Waals surface area contributed by atoms with Gasteiger partial charge in [0.05, 0.1) is 17.6 Å². The number of hydrogen-bond donors (Lipinski definition) is 1. The molecule has 2 rings (SSSR count). The summed E-state index contributed by atoms with van der Waals surface area (Å²) in [7, 11) is -2.89. The molecule has 0 aromatic heterocycles. The number of nitrogens with one attached hydrogen (secondary N) is 1. The van der Waals surface area contributed by atoms with E-state index in [0.29, 0.717) is 18.1 Å². The fourth-order valence-electron chi connectivity index (χ4n) is 2.64. The number of hydrogen-bond acceptors (Lipinski definition) is 4. The minimum Gasteiger partial charge on any atom is -0.361 e. The molecule has 2 saturated heterocycles. The molecule has 4 nitrogen and oxygen atoms in total. The average Bonchev–Trinajstić information content (AvgIpc) is 2.26. The highest BCUT2D eigenvalue weighted by atomic mass is 32.2. The fraction of sp³-hybridized carbons (Fsp3) is 1.00. The number of ether oxygens (including phenoxy) is 1. The normalized spacial score (nSPS) is 42.2. The van der Waals surface area contributed by atoms with Crippen LogP contribution in [0.1, 0.15) is 39.5 Å². The molecule has 0 aromatic rings. The van der Waals surface area contributed by atoms with E-state index < -0.39 is 15.6 Å². The predicted molar refractivity (Wildman–Crippen MR) is 67.6 cm³/mol. The van der Waals surface area contributed by atoms with E-state index in [1.165, 1.54) is 0 Å². The van der Waals surface area contributed by atoms with Crippen molar-refractivity contribution in [3.63, 3.8) is 0 Å². The minimum absolute atomic E-state index is 0.220. The van der Waals surface area contributed by atoms with Crippen LogP contribution >= 0.6 is 0 Å². The molecule has 0 amide bonds. The van der Waals surface area contributed by atoms with Crippen LogP contribution in [-0.4, -0.2) is 38.3 Å². The summed E-state index contributed by atoms with van der Waals surface area (Å²) in [4.78, 5) is 0. The first-order chi connectivity index (χ1) is 7.91. The van der Waals surface area contributed by atoms with Crippen molar-refractivity contribution in [1.82, 2.24) is 5.32 Å². The highest BCUT2D eigenvalue weighted by Gasteiger charge is 2.38. The van der Waals surface area contributed by atoms with Crippen LogP contribution in [0, 0.1) is 5.92 Å². The lowest BCUT2D eigenvalue weighted by molar-refractivity contribution is -0.106. The first-order valence-corrected chi connectivity index (χ1v) is 8.23. The summed E-state index contributed by atoms with van der Waals surface area (Å²) in [6.07, 6.45) is 3.22. The van der Waals surface area contributed by atoms with E-state index >= 15 is 0 Å². The monoisotopic (exact) mass is 261 g/mol. The molecule has 5 heteroatoms. The van der Waals surface area contributed by atoms with Crippen molar-refractivity contribution in [2.24, 2.45) is 5.92 Å². The Hall–Kier alpha value is -0.130. The first-order valence-electron chi connectivity index (χ1n) is 6.52. The molecule has 2 fully saturated rings. The van der Waals surface area contributed by atoms with Crippen LogP contribution in [0.15, 0.2) is 0 Å². The van der Waals surface area contributed by atoms with Crippen LogP contribution < -0.4 is 5.32 Å². The lowest BCUT2D eigenvalue weighted by Crippen LogP contribution is -2.55. The average molecular weight is 261 g/mol. The molecule has 2 heterocycles. The zero-order valence-electron chi connectivity index (χ0n) is 10.7. The maximum Gasteiger partial charge on any atom is 0.153 e. The van der Waals surface area contributed by atoms with Crippen molar-refractivity contribution < 1.29 is 13.2 Å². The molecule has 3 atom stereocenters. The van der Waals surface area contributed by atoms with Gasteiger partial charge in [0.15, 0.2) is 9.84 Å². The Morgan fingerprint density at radius 2 is 2.18 bits per heavy atom. The largest absolute Gasteiger partial charge is 0.361 e. The zero-order valence-corrected chi connectivity index (χ0v) is 11.6. The molecule has 0 spiro atoms. The smallest absolute Gasteiger partial charge is 0.153 e. The maximum atomic E-state index is 12.0. The van der Waals surface area contributed by atoms with E-state index in [4.69, 9.17) is 4.74 Å². The van der Waals surface area contributed by atoms with Gasteiger partial charge < -0.3 is 4.74 Å². The summed E-state index contributed by atoms with van der Waals surface area (Å²) in [5.74, 6) is 0.857. The van der Waals surface area contributed by atoms with Crippen molar-refractivity contribution in [2.45, 2.75) is 50.5 Å². The standard InChI is InChI=1S/C12H23NO3S/c1-10-8-13-12(2,16-9-10)7-11-5-3-4-6-17(11,14)15/h10-11,13H,3-9H2,1-2H3. The molecule has 0 saturated carbocycles. The van der Waals surface area contributed by atoms with Crippen LogP contribution in [0.5, 0.6) is 0 Å². The summed E-state index contributed by atoms with van der Waals surface area (Å²) in [5.41, 5.74) is -0.457. The second-order valence-corrected chi connectivity index (χ2v) is 8.12. The van der Waals surface area contributed by atoms with E-state index in [1.54, 1.807) is 0 Å². The molecule has 100 valence electrons. The van der Waals surface area contributed by atoms with E-state index in [0.717, 1.165) is 32.4 Å². The van der Waals surface area contributed by atoms with Crippen molar-refractivity contribution >= 4 is 9.84 Å². The van der Waals surface area contributed by atoms with Crippen LogP contribution in [-0.2, 0) is 14.6 Å². The van der Waals surface area contributed by atoms with Crippen molar-refractivity contribution in [3.8, 4) is 0 Å². The van der Waals surface area contributed by atoms with Gasteiger partial charge in [0, 0.05) is 13.0 Å². The molecule has 0 aliphatic carbocycles. The van der Waals surface area contributed by atoms with Gasteiger partial charge in [-0.05, 0) is 25.7 Å². The Labute approximate surface area is 104 Å². The Morgan fingerprint density at radius 1 is 1.41 bits per heavy atom. The van der Waals surface area contributed by atoms with Crippen molar-refractivity contribution in [1.29, 1.82) is 0 Å². The third-order valence-corrected chi connectivity index (χ3v) is 6.12. The predicted octanol–water partition coefficient (Wildman–Crippen LogP) is 1.32. The van der Waals surface area contributed by atoms with E-state index in [-0.39, 0.29) is 5.25 Å². The second kappa shape index (κ2) is 4.86. The summed E-state index contributed by atoms with van der Waals surface area (Å²) in [5, 5.41) is 3.12. The van der Waals surface area contributed by atoms with Gasteiger partial charge in [-0.1, -0.05) is 13.3 Å². The molecule has 0 radical (unpaired) electrons. The van der Waals surface area contributed by atoms with Gasteiger partial charge in [0.1, 0.15) is 5.72 Å². The van der Waals surface area contributed by atoms with E-state index in [9.17, 15) is 8.42 Å². The minimum atomic E-state index is -2.89. The Morgan fingerprint density at radius 3 is 2.76 bits per heavy atom. The van der Waals surface area contributed by atoms with Crippen molar-refractivity contribution in [3.05, 3.63) is 0 Å². The van der Waals surface area contributed by atoms with Crippen molar-refractivity contribution in [2.75, 3.05) is 18.9 Å². The van der Waals surface area contributed by atoms with Gasteiger partial charge in [-0.15, -0.1) is 0 Å². The molecule has 2 aliphatic rings. The number of sulfone groups is 1. The molecule has 0 aromatic carbocycles. The van der Waals surface area contributed by atoms with Crippen LogP contribution in [0.3, 0.4) is 0 Å². The molecular formula is C12H23NO3S. The molecule has 3 unspecified atom stereocenters. The van der Waals surface area contributed by atoms with E-state index in [2.05, 4.69) is 12.2 Å². The SMILES string of the molecule is CC1CNC(C)(CC2CCCCS2(=O)=O)OC1. The van der Waals surface area contributed by atoms with Gasteiger partial charge in [0.2, 0.25) is 0 Å².